The van der Waals surface area contributed by atoms with Crippen LogP contribution in [0.3, 0.4) is 0 Å². The number of fused-ring (bicyclic) bond motifs is 1. The smallest absolute Gasteiger partial charge is 0.196 e. The Kier molecular flexibility index (Phi) is 3.47. The molecule has 2 atom stereocenters. The number of rotatable bonds is 2. The summed E-state index contributed by atoms with van der Waals surface area (Å²) in [6.07, 6.45) is 0.888. The molecule has 1 fully saturated rings. The molecule has 2 heterocycles. The first-order valence-corrected chi connectivity index (χ1v) is 7.10. The number of nitrogens with zero attached hydrogens (tertiary/aromatic N) is 1. The van der Waals surface area contributed by atoms with Crippen LogP contribution in [-0.4, -0.2) is 41.4 Å². The molecular weight excluding hydrogens is 270 g/mol. The second-order valence-electron chi connectivity index (χ2n) is 5.73. The van der Waals surface area contributed by atoms with E-state index >= 15 is 0 Å². The van der Waals surface area contributed by atoms with Crippen LogP contribution >= 0.6 is 0 Å². The first-order chi connectivity index (χ1) is 10.0. The van der Waals surface area contributed by atoms with Gasteiger partial charge in [-0.25, -0.2) is 0 Å². The number of benzene rings is 1. The quantitative estimate of drug-likeness (QED) is 0.878. The summed E-state index contributed by atoms with van der Waals surface area (Å²) < 4.78 is 5.73. The molecule has 1 saturated heterocycles. The average Bonchev–Trinajstić information content (AvgIpc) is 2.79. The molecule has 5 heteroatoms. The Morgan fingerprint density at radius 1 is 1.43 bits per heavy atom. The summed E-state index contributed by atoms with van der Waals surface area (Å²) in [7, 11) is 1.98. The van der Waals surface area contributed by atoms with Crippen molar-refractivity contribution in [2.75, 3.05) is 20.2 Å². The first kappa shape index (κ1) is 14.1. The van der Waals surface area contributed by atoms with Crippen molar-refractivity contribution in [1.29, 1.82) is 0 Å². The summed E-state index contributed by atoms with van der Waals surface area (Å²) in [5.74, 6) is 0.550. The van der Waals surface area contributed by atoms with E-state index in [0.717, 1.165) is 18.5 Å². The Hall–Kier alpha value is -1.85. The predicted octanol–water partition coefficient (Wildman–Crippen LogP) is 1.59. The van der Waals surface area contributed by atoms with Gasteiger partial charge in [0.2, 0.25) is 0 Å². The van der Waals surface area contributed by atoms with Crippen molar-refractivity contribution in [3.8, 4) is 5.75 Å². The highest BCUT2D eigenvalue weighted by Gasteiger charge is 2.34. The third kappa shape index (κ3) is 2.22. The normalized spacial score (nSPS) is 23.0. The molecule has 2 unspecified atom stereocenters. The number of likely N-dealkylation sites (N-methyl/N-ethyl adjacent to an activating group) is 1. The second kappa shape index (κ2) is 5.16. The number of aryl methyl sites for hydroxylation is 1. The molecule has 0 saturated carbocycles. The zero-order valence-corrected chi connectivity index (χ0v) is 12.2. The lowest BCUT2D eigenvalue weighted by atomic mass is 9.90. The Bertz CT molecular complexity index is 737. The molecule has 1 aromatic carbocycles. The van der Waals surface area contributed by atoms with Crippen LogP contribution in [0.5, 0.6) is 5.75 Å². The molecule has 21 heavy (non-hydrogen) atoms. The molecule has 2 N–H and O–H groups in total. The fourth-order valence-electron chi connectivity index (χ4n) is 3.31. The van der Waals surface area contributed by atoms with Crippen LogP contribution in [0.15, 0.2) is 27.4 Å². The summed E-state index contributed by atoms with van der Waals surface area (Å²) in [5.41, 5.74) is 1.09. The minimum absolute atomic E-state index is 0.00329. The lowest BCUT2D eigenvalue weighted by Crippen LogP contribution is -2.31. The highest BCUT2D eigenvalue weighted by molar-refractivity contribution is 5.86. The molecular formula is C16H19NO4. The highest BCUT2D eigenvalue weighted by atomic mass is 16.3. The standard InChI is InChI=1S/C16H19NO4/c1-9-7-14(20)15-13(19)4-3-11(16(15)21-9)10-5-6-17(2)12(10)8-18/h3-4,7,10,12,18-19H,5-6,8H2,1-2H3. The largest absolute Gasteiger partial charge is 0.507 e. The van der Waals surface area contributed by atoms with Crippen molar-refractivity contribution in [1.82, 2.24) is 4.90 Å². The average molecular weight is 289 g/mol. The molecule has 3 rings (SSSR count). The lowest BCUT2D eigenvalue weighted by molar-refractivity contribution is 0.172. The van der Waals surface area contributed by atoms with Crippen LogP contribution in [0, 0.1) is 6.92 Å². The maximum Gasteiger partial charge on any atom is 0.196 e. The number of phenols is 1. The van der Waals surface area contributed by atoms with Gasteiger partial charge in [0.25, 0.3) is 0 Å². The Morgan fingerprint density at radius 3 is 2.90 bits per heavy atom. The number of hydrogen-bond acceptors (Lipinski definition) is 5. The molecule has 0 amide bonds. The Balaban J connectivity index is 2.24. The maximum absolute atomic E-state index is 12.1. The number of likely N-dealkylation sites (tertiary alicyclic amines) is 1. The van der Waals surface area contributed by atoms with Crippen LogP contribution < -0.4 is 5.43 Å². The number of aromatic hydroxyl groups is 1. The van der Waals surface area contributed by atoms with Gasteiger partial charge >= 0.3 is 0 Å². The van der Waals surface area contributed by atoms with Crippen molar-refractivity contribution >= 4 is 11.0 Å². The van der Waals surface area contributed by atoms with Gasteiger partial charge < -0.3 is 19.5 Å². The van der Waals surface area contributed by atoms with E-state index < -0.39 is 0 Å². The second-order valence-corrected chi connectivity index (χ2v) is 5.73. The van der Waals surface area contributed by atoms with Crippen LogP contribution in [0.25, 0.3) is 11.0 Å². The van der Waals surface area contributed by atoms with E-state index in [1.807, 2.05) is 7.05 Å². The van der Waals surface area contributed by atoms with Gasteiger partial charge in [-0.05, 0) is 33.0 Å². The Labute approximate surface area is 122 Å². The number of hydrogen-bond donors (Lipinski definition) is 2. The highest BCUT2D eigenvalue weighted by Crippen LogP contribution is 2.38. The zero-order valence-electron chi connectivity index (χ0n) is 12.2. The summed E-state index contributed by atoms with van der Waals surface area (Å²) >= 11 is 0. The van der Waals surface area contributed by atoms with Crippen molar-refractivity contribution in [3.63, 3.8) is 0 Å². The molecule has 0 radical (unpaired) electrons. The van der Waals surface area contributed by atoms with E-state index in [-0.39, 0.29) is 35.1 Å². The van der Waals surface area contributed by atoms with E-state index in [0.29, 0.717) is 11.3 Å². The van der Waals surface area contributed by atoms with Crippen molar-refractivity contribution in [2.24, 2.45) is 0 Å². The van der Waals surface area contributed by atoms with Gasteiger partial charge in [0, 0.05) is 23.6 Å². The van der Waals surface area contributed by atoms with Crippen LogP contribution in [0.1, 0.15) is 23.7 Å². The molecule has 5 nitrogen and oxygen atoms in total. The van der Waals surface area contributed by atoms with Gasteiger partial charge in [0.1, 0.15) is 22.5 Å². The minimum atomic E-state index is -0.236. The van der Waals surface area contributed by atoms with Gasteiger partial charge in [-0.1, -0.05) is 6.07 Å². The number of aliphatic hydroxyl groups is 1. The van der Waals surface area contributed by atoms with Crippen molar-refractivity contribution in [3.05, 3.63) is 39.7 Å². The predicted molar refractivity (Wildman–Crippen MR) is 79.7 cm³/mol. The minimum Gasteiger partial charge on any atom is -0.507 e. The van der Waals surface area contributed by atoms with E-state index in [4.69, 9.17) is 4.42 Å². The first-order valence-electron chi connectivity index (χ1n) is 7.10. The maximum atomic E-state index is 12.1. The third-order valence-electron chi connectivity index (χ3n) is 4.42. The van der Waals surface area contributed by atoms with Gasteiger partial charge in [0.15, 0.2) is 5.43 Å². The molecule has 112 valence electrons. The third-order valence-corrected chi connectivity index (χ3v) is 4.42. The summed E-state index contributed by atoms with van der Waals surface area (Å²) in [5, 5.41) is 19.8. The fraction of sp³-hybridized carbons (Fsp3) is 0.438. The summed E-state index contributed by atoms with van der Waals surface area (Å²) in [4.78, 5) is 14.2. The number of aliphatic hydroxyl groups excluding tert-OH is 1. The van der Waals surface area contributed by atoms with Crippen molar-refractivity contribution in [2.45, 2.75) is 25.3 Å². The fourth-order valence-corrected chi connectivity index (χ4v) is 3.31. The van der Waals surface area contributed by atoms with Crippen LogP contribution in [0.2, 0.25) is 0 Å². The van der Waals surface area contributed by atoms with Gasteiger partial charge in [-0.15, -0.1) is 0 Å². The van der Waals surface area contributed by atoms with Gasteiger partial charge in [0.05, 0.1) is 6.61 Å². The molecule has 1 aliphatic rings. The summed E-state index contributed by atoms with van der Waals surface area (Å²) in [6.45, 7) is 2.66. The summed E-state index contributed by atoms with van der Waals surface area (Å²) in [6, 6.07) is 4.72. The van der Waals surface area contributed by atoms with Gasteiger partial charge in [-0.3, -0.25) is 4.79 Å². The molecule has 0 spiro atoms. The van der Waals surface area contributed by atoms with E-state index in [2.05, 4.69) is 4.90 Å². The molecule has 1 aromatic heterocycles. The van der Waals surface area contributed by atoms with Crippen LogP contribution in [-0.2, 0) is 0 Å². The van der Waals surface area contributed by atoms with E-state index in [9.17, 15) is 15.0 Å². The lowest BCUT2D eigenvalue weighted by Gasteiger charge is -2.23. The Morgan fingerprint density at radius 2 is 2.19 bits per heavy atom. The molecule has 0 bridgehead atoms. The van der Waals surface area contributed by atoms with Crippen LogP contribution in [0.4, 0.5) is 0 Å². The van der Waals surface area contributed by atoms with E-state index in [1.165, 1.54) is 12.1 Å². The zero-order chi connectivity index (χ0) is 15.1. The molecule has 0 aliphatic carbocycles. The number of phenolic OH excluding ortho intramolecular Hbond substituents is 1. The molecule has 1 aliphatic heterocycles. The SMILES string of the molecule is Cc1cc(=O)c2c(O)ccc(C3CCN(C)C3CO)c2o1. The van der Waals surface area contributed by atoms with Crippen molar-refractivity contribution < 1.29 is 14.6 Å². The topological polar surface area (TPSA) is 73.9 Å². The molecule has 2 aromatic rings. The van der Waals surface area contributed by atoms with E-state index in [1.54, 1.807) is 13.0 Å². The van der Waals surface area contributed by atoms with Gasteiger partial charge in [-0.2, -0.15) is 0 Å². The monoisotopic (exact) mass is 289 g/mol.